The minimum Gasteiger partial charge on any atom is -0.459 e. The Hall–Kier alpha value is -2.48. The van der Waals surface area contributed by atoms with Gasteiger partial charge in [-0.1, -0.05) is 26.0 Å². The van der Waals surface area contributed by atoms with Crippen molar-refractivity contribution in [1.29, 1.82) is 0 Å². The van der Waals surface area contributed by atoms with Crippen LogP contribution in [0.1, 0.15) is 46.4 Å². The van der Waals surface area contributed by atoms with E-state index in [1.165, 1.54) is 23.3 Å². The van der Waals surface area contributed by atoms with E-state index >= 15 is 0 Å². The normalized spacial score (nSPS) is 16.4. The summed E-state index contributed by atoms with van der Waals surface area (Å²) in [5.74, 6) is -0.221. The van der Waals surface area contributed by atoms with Crippen LogP contribution in [0, 0.1) is 5.82 Å². The lowest BCUT2D eigenvalue weighted by Gasteiger charge is -2.39. The van der Waals surface area contributed by atoms with Crippen molar-refractivity contribution in [1.82, 2.24) is 9.80 Å². The fourth-order valence-electron chi connectivity index (χ4n) is 4.08. The Labute approximate surface area is 186 Å². The van der Waals surface area contributed by atoms with E-state index in [2.05, 4.69) is 35.0 Å². The molecule has 1 N–H and O–H groups in total. The van der Waals surface area contributed by atoms with Gasteiger partial charge in [-0.3, -0.25) is 9.69 Å². The summed E-state index contributed by atoms with van der Waals surface area (Å²) in [6, 6.07) is 12.2. The molecule has 1 saturated heterocycles. The highest BCUT2D eigenvalue weighted by Crippen LogP contribution is 2.40. The predicted octanol–water partition coefficient (Wildman–Crippen LogP) is 5.02. The first-order valence-electron chi connectivity index (χ1n) is 10.8. The molecule has 0 bridgehead atoms. The van der Waals surface area contributed by atoms with Gasteiger partial charge in [-0.15, -0.1) is 11.3 Å². The van der Waals surface area contributed by atoms with Crippen LogP contribution in [0.5, 0.6) is 0 Å². The molecular weight excluding hydrogens is 413 g/mol. The van der Waals surface area contributed by atoms with Gasteiger partial charge >= 0.3 is 0 Å². The van der Waals surface area contributed by atoms with E-state index in [1.807, 2.05) is 12.1 Å². The molecule has 31 heavy (non-hydrogen) atoms. The number of anilines is 1. The Balaban J connectivity index is 1.71. The summed E-state index contributed by atoms with van der Waals surface area (Å²) in [7, 11) is 0. The summed E-state index contributed by atoms with van der Waals surface area (Å²) >= 11 is 1.60. The fourth-order valence-corrected chi connectivity index (χ4v) is 5.10. The molecular formula is C24H28FN3O2S. The molecule has 3 heterocycles. The minimum atomic E-state index is -0.260. The van der Waals surface area contributed by atoms with Crippen LogP contribution in [0.2, 0.25) is 0 Å². The van der Waals surface area contributed by atoms with Crippen molar-refractivity contribution in [2.24, 2.45) is 0 Å². The number of carbonyl (C=O) groups excluding carboxylic acids is 1. The van der Waals surface area contributed by atoms with E-state index in [9.17, 15) is 9.18 Å². The van der Waals surface area contributed by atoms with Gasteiger partial charge < -0.3 is 14.6 Å². The van der Waals surface area contributed by atoms with E-state index in [0.717, 1.165) is 55.3 Å². The monoisotopic (exact) mass is 441 g/mol. The molecule has 1 atom stereocenters. The molecule has 1 amide bonds. The zero-order valence-electron chi connectivity index (χ0n) is 17.9. The average Bonchev–Trinajstić information content (AvgIpc) is 3.46. The number of furan rings is 1. The Morgan fingerprint density at radius 1 is 1.16 bits per heavy atom. The number of aryl methyl sites for hydroxylation is 1. The lowest BCUT2D eigenvalue weighted by molar-refractivity contribution is 0.0995. The van der Waals surface area contributed by atoms with Crippen LogP contribution in [0.25, 0.3) is 0 Å². The number of benzene rings is 1. The smallest absolute Gasteiger partial charge is 0.291 e. The highest BCUT2D eigenvalue weighted by molar-refractivity contribution is 7.16. The molecule has 164 valence electrons. The second-order valence-electron chi connectivity index (χ2n) is 7.71. The van der Waals surface area contributed by atoms with Gasteiger partial charge in [0.25, 0.3) is 5.91 Å². The first-order valence-corrected chi connectivity index (χ1v) is 11.6. The molecule has 0 aliphatic carbocycles. The average molecular weight is 442 g/mol. The standard InChI is InChI=1S/C24H28FN3O2S/c1-3-19-16-20(24(31-19)26-23(29)21-6-5-15-30-21)22(17-7-9-18(25)10-8-17)28-13-11-27(4-2)12-14-28/h5-10,15-16,22H,3-4,11-14H2,1-2H3,(H,26,29). The lowest BCUT2D eigenvalue weighted by atomic mass is 9.97. The van der Waals surface area contributed by atoms with Crippen molar-refractivity contribution in [2.75, 3.05) is 38.0 Å². The highest BCUT2D eigenvalue weighted by atomic mass is 32.1. The van der Waals surface area contributed by atoms with Crippen molar-refractivity contribution >= 4 is 22.2 Å². The Morgan fingerprint density at radius 3 is 2.52 bits per heavy atom. The maximum Gasteiger partial charge on any atom is 0.291 e. The summed E-state index contributed by atoms with van der Waals surface area (Å²) in [5.41, 5.74) is 2.08. The van der Waals surface area contributed by atoms with Crippen molar-refractivity contribution in [3.05, 3.63) is 76.3 Å². The molecule has 0 spiro atoms. The van der Waals surface area contributed by atoms with Crippen LogP contribution in [0.15, 0.2) is 53.1 Å². The topological polar surface area (TPSA) is 48.7 Å². The zero-order valence-corrected chi connectivity index (χ0v) is 18.8. The van der Waals surface area contributed by atoms with Crippen molar-refractivity contribution < 1.29 is 13.6 Å². The largest absolute Gasteiger partial charge is 0.459 e. The van der Waals surface area contributed by atoms with Crippen molar-refractivity contribution in [3.63, 3.8) is 0 Å². The predicted molar refractivity (Wildman–Crippen MR) is 122 cm³/mol. The highest BCUT2D eigenvalue weighted by Gasteiger charge is 2.30. The number of hydrogen-bond donors (Lipinski definition) is 1. The number of carbonyl (C=O) groups is 1. The van der Waals surface area contributed by atoms with Gasteiger partial charge in [-0.2, -0.15) is 0 Å². The number of hydrogen-bond acceptors (Lipinski definition) is 5. The lowest BCUT2D eigenvalue weighted by Crippen LogP contribution is -2.47. The van der Waals surface area contributed by atoms with Gasteiger partial charge in [0, 0.05) is 36.6 Å². The third-order valence-corrected chi connectivity index (χ3v) is 7.04. The second-order valence-corrected chi connectivity index (χ2v) is 8.84. The van der Waals surface area contributed by atoms with Crippen LogP contribution in [0.3, 0.4) is 0 Å². The van der Waals surface area contributed by atoms with Crippen LogP contribution >= 0.6 is 11.3 Å². The van der Waals surface area contributed by atoms with Gasteiger partial charge in [-0.25, -0.2) is 4.39 Å². The molecule has 1 aromatic carbocycles. The third-order valence-electron chi connectivity index (χ3n) is 5.83. The number of halogens is 1. The maximum absolute atomic E-state index is 13.7. The SMILES string of the molecule is CCc1cc(C(c2ccc(F)cc2)N2CCN(CC)CC2)c(NC(=O)c2ccco2)s1. The van der Waals surface area contributed by atoms with Crippen LogP contribution in [-0.4, -0.2) is 48.4 Å². The number of amides is 1. The number of nitrogens with one attached hydrogen (secondary N) is 1. The summed E-state index contributed by atoms with van der Waals surface area (Å²) < 4.78 is 18.9. The van der Waals surface area contributed by atoms with E-state index in [0.29, 0.717) is 0 Å². The van der Waals surface area contributed by atoms with E-state index in [1.54, 1.807) is 23.5 Å². The number of nitrogens with zero attached hydrogens (tertiary/aromatic N) is 2. The first-order chi connectivity index (χ1) is 15.1. The Kier molecular flexibility index (Phi) is 6.85. The Morgan fingerprint density at radius 2 is 1.90 bits per heavy atom. The number of thiophene rings is 1. The first kappa shape index (κ1) is 21.7. The van der Waals surface area contributed by atoms with Gasteiger partial charge in [0.1, 0.15) is 10.8 Å². The molecule has 0 saturated carbocycles. The third kappa shape index (κ3) is 4.89. The second kappa shape index (κ2) is 9.77. The summed E-state index contributed by atoms with van der Waals surface area (Å²) in [6.45, 7) is 9.15. The molecule has 3 aromatic rings. The van der Waals surface area contributed by atoms with E-state index in [-0.39, 0.29) is 23.5 Å². The molecule has 1 aliphatic heterocycles. The van der Waals surface area contributed by atoms with Gasteiger partial charge in [0.15, 0.2) is 5.76 Å². The van der Waals surface area contributed by atoms with Gasteiger partial charge in [-0.05, 0) is 48.9 Å². The quantitative estimate of drug-likeness (QED) is 0.559. The van der Waals surface area contributed by atoms with Crippen LogP contribution < -0.4 is 5.32 Å². The number of piperazine rings is 1. The molecule has 1 aliphatic rings. The fraction of sp³-hybridized carbons (Fsp3) is 0.375. The molecule has 0 radical (unpaired) electrons. The minimum absolute atomic E-state index is 0.0527. The number of rotatable bonds is 7. The Bertz CT molecular complexity index is 993. The van der Waals surface area contributed by atoms with E-state index in [4.69, 9.17) is 4.42 Å². The maximum atomic E-state index is 13.7. The van der Waals surface area contributed by atoms with Crippen LogP contribution in [0.4, 0.5) is 9.39 Å². The molecule has 1 fully saturated rings. The molecule has 2 aromatic heterocycles. The summed E-state index contributed by atoms with van der Waals surface area (Å²) in [5, 5.41) is 3.89. The molecule has 7 heteroatoms. The van der Waals surface area contributed by atoms with Crippen molar-refractivity contribution in [2.45, 2.75) is 26.3 Å². The van der Waals surface area contributed by atoms with Crippen LogP contribution in [-0.2, 0) is 6.42 Å². The molecule has 1 unspecified atom stereocenters. The van der Waals surface area contributed by atoms with Gasteiger partial charge in [0.2, 0.25) is 0 Å². The summed E-state index contributed by atoms with van der Waals surface area (Å²) in [4.78, 5) is 18.8. The van der Waals surface area contributed by atoms with Gasteiger partial charge in [0.05, 0.1) is 12.3 Å². The van der Waals surface area contributed by atoms with Crippen molar-refractivity contribution in [3.8, 4) is 0 Å². The molecule has 4 rings (SSSR count). The number of likely N-dealkylation sites (N-methyl/N-ethyl adjacent to an activating group) is 1. The zero-order chi connectivity index (χ0) is 21.8. The summed E-state index contributed by atoms with van der Waals surface area (Å²) in [6.07, 6.45) is 2.38. The molecule has 5 nitrogen and oxygen atoms in total. The van der Waals surface area contributed by atoms with E-state index < -0.39 is 0 Å².